The standard InChI is InChI=1S/C18H19ClN2O4/c1-9-5-6-13(19)7-14(9)21-15(23)8-25-18(24)17-10(2)16(12(4)22)11(3)20-17/h5-7,20H,8H2,1-4H3,(H,21,23). The summed E-state index contributed by atoms with van der Waals surface area (Å²) >= 11 is 5.90. The summed E-state index contributed by atoms with van der Waals surface area (Å²) in [4.78, 5) is 38.6. The Bertz CT molecular complexity index is 855. The van der Waals surface area contributed by atoms with E-state index in [-0.39, 0.29) is 11.5 Å². The fourth-order valence-corrected chi connectivity index (χ4v) is 2.77. The van der Waals surface area contributed by atoms with Gasteiger partial charge in [-0.25, -0.2) is 4.79 Å². The maximum absolute atomic E-state index is 12.2. The second kappa shape index (κ2) is 7.53. The van der Waals surface area contributed by atoms with Crippen LogP contribution in [0.1, 0.15) is 44.6 Å². The second-order valence-electron chi connectivity index (χ2n) is 5.76. The Labute approximate surface area is 150 Å². The van der Waals surface area contributed by atoms with E-state index in [4.69, 9.17) is 16.3 Å². The average molecular weight is 363 g/mol. The molecule has 0 radical (unpaired) electrons. The third-order valence-corrected chi connectivity index (χ3v) is 4.04. The van der Waals surface area contributed by atoms with Gasteiger partial charge in [-0.1, -0.05) is 17.7 Å². The van der Waals surface area contributed by atoms with Gasteiger partial charge in [0.1, 0.15) is 5.69 Å². The van der Waals surface area contributed by atoms with Crippen LogP contribution in [0.3, 0.4) is 0 Å². The van der Waals surface area contributed by atoms with Crippen molar-refractivity contribution >= 4 is 34.9 Å². The molecule has 132 valence electrons. The van der Waals surface area contributed by atoms with E-state index in [0.717, 1.165) is 5.56 Å². The Morgan fingerprint density at radius 1 is 1.20 bits per heavy atom. The SMILES string of the molecule is CC(=O)c1c(C)[nH]c(C(=O)OCC(=O)Nc2cc(Cl)ccc2C)c1C. The van der Waals surface area contributed by atoms with Gasteiger partial charge in [0.2, 0.25) is 0 Å². The number of carbonyl (C=O) groups excluding carboxylic acids is 3. The molecular formula is C18H19ClN2O4. The smallest absolute Gasteiger partial charge is 0.355 e. The minimum Gasteiger partial charge on any atom is -0.451 e. The average Bonchev–Trinajstić information content (AvgIpc) is 2.83. The number of nitrogens with one attached hydrogen (secondary N) is 2. The molecular weight excluding hydrogens is 344 g/mol. The van der Waals surface area contributed by atoms with E-state index in [9.17, 15) is 14.4 Å². The first kappa shape index (κ1) is 18.7. The predicted octanol–water partition coefficient (Wildman–Crippen LogP) is 3.59. The molecule has 1 amide bonds. The van der Waals surface area contributed by atoms with Gasteiger partial charge in [-0.15, -0.1) is 0 Å². The summed E-state index contributed by atoms with van der Waals surface area (Å²) in [5.41, 5.74) is 3.14. The van der Waals surface area contributed by atoms with E-state index in [0.29, 0.717) is 27.5 Å². The van der Waals surface area contributed by atoms with Crippen molar-refractivity contribution in [1.82, 2.24) is 4.98 Å². The molecule has 0 fully saturated rings. The molecule has 25 heavy (non-hydrogen) atoms. The van der Waals surface area contributed by atoms with Crippen molar-refractivity contribution in [2.45, 2.75) is 27.7 Å². The van der Waals surface area contributed by atoms with Gasteiger partial charge in [0.15, 0.2) is 12.4 Å². The number of aromatic nitrogens is 1. The highest BCUT2D eigenvalue weighted by Gasteiger charge is 2.21. The fourth-order valence-electron chi connectivity index (χ4n) is 2.60. The van der Waals surface area contributed by atoms with Crippen LogP contribution in [0.25, 0.3) is 0 Å². The second-order valence-corrected chi connectivity index (χ2v) is 6.20. The molecule has 2 N–H and O–H groups in total. The minimum absolute atomic E-state index is 0.139. The number of carbonyl (C=O) groups is 3. The molecule has 0 saturated carbocycles. The number of hydrogen-bond acceptors (Lipinski definition) is 4. The first-order valence-corrected chi connectivity index (χ1v) is 8.01. The zero-order valence-corrected chi connectivity index (χ0v) is 15.2. The van der Waals surface area contributed by atoms with Gasteiger partial charge in [-0.3, -0.25) is 9.59 Å². The van der Waals surface area contributed by atoms with Crippen LogP contribution in [0.2, 0.25) is 5.02 Å². The number of aromatic amines is 1. The van der Waals surface area contributed by atoms with Crippen LogP contribution in [0.4, 0.5) is 5.69 Å². The van der Waals surface area contributed by atoms with Crippen molar-refractivity contribution in [3.8, 4) is 0 Å². The lowest BCUT2D eigenvalue weighted by Gasteiger charge is -2.09. The van der Waals surface area contributed by atoms with Crippen molar-refractivity contribution in [3.05, 3.63) is 51.3 Å². The Morgan fingerprint density at radius 3 is 2.48 bits per heavy atom. The summed E-state index contributed by atoms with van der Waals surface area (Å²) in [5.74, 6) is -1.31. The van der Waals surface area contributed by atoms with Crippen LogP contribution in [-0.4, -0.2) is 29.3 Å². The number of anilines is 1. The highest BCUT2D eigenvalue weighted by Crippen LogP contribution is 2.21. The lowest BCUT2D eigenvalue weighted by Crippen LogP contribution is -2.21. The Balaban J connectivity index is 2.03. The summed E-state index contributed by atoms with van der Waals surface area (Å²) in [6.45, 7) is 6.17. The number of amides is 1. The maximum Gasteiger partial charge on any atom is 0.355 e. The van der Waals surface area contributed by atoms with Crippen molar-refractivity contribution < 1.29 is 19.1 Å². The third kappa shape index (κ3) is 4.28. The van der Waals surface area contributed by atoms with Gasteiger partial charge in [0.25, 0.3) is 5.91 Å². The van der Waals surface area contributed by atoms with Crippen LogP contribution in [0.15, 0.2) is 18.2 Å². The highest BCUT2D eigenvalue weighted by molar-refractivity contribution is 6.31. The van der Waals surface area contributed by atoms with E-state index in [1.807, 2.05) is 6.92 Å². The lowest BCUT2D eigenvalue weighted by atomic mass is 10.1. The number of aryl methyl sites for hydroxylation is 2. The van der Waals surface area contributed by atoms with Gasteiger partial charge in [0, 0.05) is 22.0 Å². The highest BCUT2D eigenvalue weighted by atomic mass is 35.5. The topological polar surface area (TPSA) is 88.3 Å². The number of halogens is 1. The Morgan fingerprint density at radius 2 is 1.88 bits per heavy atom. The van der Waals surface area contributed by atoms with Gasteiger partial charge in [-0.2, -0.15) is 0 Å². The number of esters is 1. The number of ether oxygens (including phenoxy) is 1. The molecule has 0 saturated heterocycles. The fraction of sp³-hybridized carbons (Fsp3) is 0.278. The molecule has 0 aliphatic carbocycles. The van der Waals surface area contributed by atoms with Crippen LogP contribution < -0.4 is 5.32 Å². The van der Waals surface area contributed by atoms with E-state index in [1.165, 1.54) is 6.92 Å². The molecule has 0 atom stereocenters. The van der Waals surface area contributed by atoms with E-state index < -0.39 is 18.5 Å². The first-order chi connectivity index (χ1) is 11.7. The molecule has 0 aliphatic rings. The van der Waals surface area contributed by atoms with Crippen molar-refractivity contribution in [2.24, 2.45) is 0 Å². The van der Waals surface area contributed by atoms with E-state index >= 15 is 0 Å². The number of Topliss-reactive ketones (excluding diaryl/α,β-unsaturated/α-hetero) is 1. The normalized spacial score (nSPS) is 10.4. The van der Waals surface area contributed by atoms with Crippen molar-refractivity contribution in [2.75, 3.05) is 11.9 Å². The molecule has 2 aromatic rings. The zero-order valence-electron chi connectivity index (χ0n) is 14.5. The van der Waals surface area contributed by atoms with E-state index in [1.54, 1.807) is 32.0 Å². The molecule has 7 heteroatoms. The predicted molar refractivity (Wildman–Crippen MR) is 95.4 cm³/mol. The van der Waals surface area contributed by atoms with Gasteiger partial charge >= 0.3 is 5.97 Å². The summed E-state index contributed by atoms with van der Waals surface area (Å²) in [7, 11) is 0. The minimum atomic E-state index is -0.689. The quantitative estimate of drug-likeness (QED) is 0.628. The summed E-state index contributed by atoms with van der Waals surface area (Å²) in [6.07, 6.45) is 0. The van der Waals surface area contributed by atoms with Crippen LogP contribution >= 0.6 is 11.6 Å². The summed E-state index contributed by atoms with van der Waals surface area (Å²) in [5, 5.41) is 3.14. The number of H-pyrrole nitrogens is 1. The van der Waals surface area contributed by atoms with Crippen LogP contribution in [-0.2, 0) is 9.53 Å². The Hall–Kier alpha value is -2.60. The summed E-state index contributed by atoms with van der Waals surface area (Å²) in [6, 6.07) is 5.11. The Kier molecular flexibility index (Phi) is 5.64. The van der Waals surface area contributed by atoms with E-state index in [2.05, 4.69) is 10.3 Å². The monoisotopic (exact) mass is 362 g/mol. The van der Waals surface area contributed by atoms with Crippen molar-refractivity contribution in [3.63, 3.8) is 0 Å². The molecule has 0 aliphatic heterocycles. The summed E-state index contributed by atoms with van der Waals surface area (Å²) < 4.78 is 5.03. The molecule has 1 aromatic carbocycles. The maximum atomic E-state index is 12.2. The van der Waals surface area contributed by atoms with Gasteiger partial charge in [-0.05, 0) is 51.0 Å². The zero-order chi connectivity index (χ0) is 18.7. The third-order valence-electron chi connectivity index (χ3n) is 3.80. The van der Waals surface area contributed by atoms with Crippen molar-refractivity contribution in [1.29, 1.82) is 0 Å². The number of hydrogen-bond donors (Lipinski definition) is 2. The number of ketones is 1. The van der Waals surface area contributed by atoms with Gasteiger partial charge in [0.05, 0.1) is 0 Å². The number of rotatable bonds is 5. The number of benzene rings is 1. The first-order valence-electron chi connectivity index (χ1n) is 7.64. The molecule has 0 bridgehead atoms. The van der Waals surface area contributed by atoms with Crippen LogP contribution in [0, 0.1) is 20.8 Å². The molecule has 6 nitrogen and oxygen atoms in total. The van der Waals surface area contributed by atoms with Gasteiger partial charge < -0.3 is 15.0 Å². The molecule has 1 aromatic heterocycles. The molecule has 0 unspecified atom stereocenters. The van der Waals surface area contributed by atoms with Crippen LogP contribution in [0.5, 0.6) is 0 Å². The molecule has 1 heterocycles. The largest absolute Gasteiger partial charge is 0.451 e. The molecule has 0 spiro atoms. The molecule has 2 rings (SSSR count). The lowest BCUT2D eigenvalue weighted by molar-refractivity contribution is -0.119.